The molecule has 4 nitrogen and oxygen atoms in total. The van der Waals surface area contributed by atoms with Crippen molar-refractivity contribution in [1.29, 1.82) is 0 Å². The molecule has 0 bridgehead atoms. The van der Waals surface area contributed by atoms with Gasteiger partial charge in [0.25, 0.3) is 0 Å². The summed E-state index contributed by atoms with van der Waals surface area (Å²) in [6, 6.07) is 5.54. The van der Waals surface area contributed by atoms with Gasteiger partial charge in [-0.25, -0.2) is 4.98 Å². The number of nitrogens with two attached hydrogens (primary N) is 1. The molecule has 4 heteroatoms. The van der Waals surface area contributed by atoms with Crippen LogP contribution in [0.1, 0.15) is 32.6 Å². The van der Waals surface area contributed by atoms with Crippen LogP contribution in [-0.2, 0) is 4.79 Å². The lowest BCUT2D eigenvalue weighted by atomic mass is 9.76. The standard InChI is InChI=1S/C14H21N3O/c1-11-6-5-8-14(15,10-11)13(18)17(2)12-7-3-4-9-16-12/h3-4,7,9,11H,5-6,8,10,15H2,1-2H3. The van der Waals surface area contributed by atoms with Gasteiger partial charge in [0.05, 0.1) is 5.54 Å². The van der Waals surface area contributed by atoms with E-state index in [4.69, 9.17) is 5.73 Å². The molecule has 1 aromatic rings. The van der Waals surface area contributed by atoms with Crippen molar-refractivity contribution in [2.75, 3.05) is 11.9 Å². The summed E-state index contributed by atoms with van der Waals surface area (Å²) >= 11 is 0. The van der Waals surface area contributed by atoms with Crippen molar-refractivity contribution in [1.82, 2.24) is 4.98 Å². The zero-order valence-corrected chi connectivity index (χ0v) is 11.1. The fourth-order valence-corrected chi connectivity index (χ4v) is 2.78. The number of hydrogen-bond donors (Lipinski definition) is 1. The molecule has 1 aromatic heterocycles. The second-order valence-corrected chi connectivity index (χ2v) is 5.41. The number of aromatic nitrogens is 1. The Morgan fingerprint density at radius 3 is 2.94 bits per heavy atom. The summed E-state index contributed by atoms with van der Waals surface area (Å²) in [5.41, 5.74) is 5.59. The van der Waals surface area contributed by atoms with Crippen LogP contribution in [0.3, 0.4) is 0 Å². The number of rotatable bonds is 2. The molecule has 1 fully saturated rings. The first kappa shape index (κ1) is 13.0. The number of amides is 1. The Hall–Kier alpha value is -1.42. The van der Waals surface area contributed by atoms with Gasteiger partial charge in [-0.1, -0.05) is 25.8 Å². The van der Waals surface area contributed by atoms with Gasteiger partial charge in [-0.05, 0) is 30.9 Å². The van der Waals surface area contributed by atoms with Crippen molar-refractivity contribution in [2.45, 2.75) is 38.1 Å². The smallest absolute Gasteiger partial charge is 0.247 e. The lowest BCUT2D eigenvalue weighted by Gasteiger charge is -2.37. The second-order valence-electron chi connectivity index (χ2n) is 5.41. The molecule has 1 aliphatic rings. The van der Waals surface area contributed by atoms with E-state index in [1.165, 1.54) is 6.42 Å². The molecular weight excluding hydrogens is 226 g/mol. The Kier molecular flexibility index (Phi) is 3.66. The molecule has 0 aromatic carbocycles. The number of hydrogen-bond acceptors (Lipinski definition) is 3. The third-order valence-electron chi connectivity index (χ3n) is 3.76. The summed E-state index contributed by atoms with van der Waals surface area (Å²) in [4.78, 5) is 18.3. The number of nitrogens with zero attached hydrogens (tertiary/aromatic N) is 2. The van der Waals surface area contributed by atoms with Crippen molar-refractivity contribution < 1.29 is 4.79 Å². The van der Waals surface area contributed by atoms with Crippen molar-refractivity contribution in [3.63, 3.8) is 0 Å². The Labute approximate surface area is 108 Å². The Balaban J connectivity index is 2.15. The third kappa shape index (κ3) is 2.53. The Morgan fingerprint density at radius 2 is 2.33 bits per heavy atom. The molecule has 2 rings (SSSR count). The molecule has 18 heavy (non-hydrogen) atoms. The maximum atomic E-state index is 12.5. The van der Waals surface area contributed by atoms with E-state index in [0.29, 0.717) is 11.7 Å². The first-order chi connectivity index (χ1) is 8.53. The molecule has 1 amide bonds. The summed E-state index contributed by atoms with van der Waals surface area (Å²) < 4.78 is 0. The summed E-state index contributed by atoms with van der Waals surface area (Å²) in [6.07, 6.45) is 5.42. The SMILES string of the molecule is CC1CCCC(N)(C(=O)N(C)c2ccccn2)C1. The molecule has 0 saturated heterocycles. The van der Waals surface area contributed by atoms with Crippen LogP contribution in [-0.4, -0.2) is 23.5 Å². The Bertz CT molecular complexity index is 420. The quantitative estimate of drug-likeness (QED) is 0.869. The van der Waals surface area contributed by atoms with Crippen LogP contribution < -0.4 is 10.6 Å². The highest BCUT2D eigenvalue weighted by molar-refractivity contribution is 5.99. The van der Waals surface area contributed by atoms with Gasteiger partial charge in [-0.2, -0.15) is 0 Å². The van der Waals surface area contributed by atoms with E-state index in [1.54, 1.807) is 18.1 Å². The van der Waals surface area contributed by atoms with Crippen molar-refractivity contribution >= 4 is 11.7 Å². The van der Waals surface area contributed by atoms with Crippen LogP contribution >= 0.6 is 0 Å². The summed E-state index contributed by atoms with van der Waals surface area (Å²) in [5.74, 6) is 1.16. The molecular formula is C14H21N3O. The van der Waals surface area contributed by atoms with Crippen LogP contribution in [0, 0.1) is 5.92 Å². The molecule has 0 spiro atoms. The zero-order chi connectivity index (χ0) is 13.2. The summed E-state index contributed by atoms with van der Waals surface area (Å²) in [7, 11) is 1.75. The van der Waals surface area contributed by atoms with Gasteiger partial charge in [0.2, 0.25) is 5.91 Å². The minimum absolute atomic E-state index is 0.0206. The summed E-state index contributed by atoms with van der Waals surface area (Å²) in [6.45, 7) is 2.16. The van der Waals surface area contributed by atoms with Crippen LogP contribution in [0.2, 0.25) is 0 Å². The van der Waals surface area contributed by atoms with Gasteiger partial charge in [-0.3, -0.25) is 9.69 Å². The molecule has 0 aliphatic heterocycles. The summed E-state index contributed by atoms with van der Waals surface area (Å²) in [5, 5.41) is 0. The molecule has 1 saturated carbocycles. The molecule has 0 radical (unpaired) electrons. The highest BCUT2D eigenvalue weighted by Gasteiger charge is 2.40. The van der Waals surface area contributed by atoms with Gasteiger partial charge in [0.1, 0.15) is 5.82 Å². The van der Waals surface area contributed by atoms with Crippen molar-refractivity contribution in [3.05, 3.63) is 24.4 Å². The number of carbonyl (C=O) groups excluding carboxylic acids is 1. The lowest BCUT2D eigenvalue weighted by Crippen LogP contribution is -2.56. The van der Waals surface area contributed by atoms with E-state index in [9.17, 15) is 4.79 Å². The maximum Gasteiger partial charge on any atom is 0.247 e. The predicted octanol–water partition coefficient (Wildman–Crippen LogP) is 1.95. The normalized spacial score (nSPS) is 27.8. The van der Waals surface area contributed by atoms with Gasteiger partial charge < -0.3 is 5.73 Å². The largest absolute Gasteiger partial charge is 0.317 e. The van der Waals surface area contributed by atoms with Gasteiger partial charge in [0, 0.05) is 13.2 Å². The lowest BCUT2D eigenvalue weighted by molar-refractivity contribution is -0.125. The zero-order valence-electron chi connectivity index (χ0n) is 11.1. The predicted molar refractivity (Wildman–Crippen MR) is 72.2 cm³/mol. The molecule has 1 aliphatic carbocycles. The fourth-order valence-electron chi connectivity index (χ4n) is 2.78. The Morgan fingerprint density at radius 1 is 1.56 bits per heavy atom. The molecule has 2 atom stereocenters. The molecule has 2 unspecified atom stereocenters. The van der Waals surface area contributed by atoms with Gasteiger partial charge in [-0.15, -0.1) is 0 Å². The highest BCUT2D eigenvalue weighted by atomic mass is 16.2. The van der Waals surface area contributed by atoms with Gasteiger partial charge in [0.15, 0.2) is 0 Å². The monoisotopic (exact) mass is 247 g/mol. The van der Waals surface area contributed by atoms with Crippen LogP contribution in [0.25, 0.3) is 0 Å². The van der Waals surface area contributed by atoms with Crippen LogP contribution in [0.5, 0.6) is 0 Å². The molecule has 1 heterocycles. The van der Waals surface area contributed by atoms with E-state index >= 15 is 0 Å². The van der Waals surface area contributed by atoms with E-state index in [-0.39, 0.29) is 5.91 Å². The molecule has 2 N–H and O–H groups in total. The van der Waals surface area contributed by atoms with E-state index in [1.807, 2.05) is 18.2 Å². The maximum absolute atomic E-state index is 12.5. The molecule has 98 valence electrons. The van der Waals surface area contributed by atoms with Crippen LogP contribution in [0.4, 0.5) is 5.82 Å². The first-order valence-electron chi connectivity index (χ1n) is 6.51. The van der Waals surface area contributed by atoms with E-state index in [0.717, 1.165) is 19.3 Å². The van der Waals surface area contributed by atoms with E-state index < -0.39 is 5.54 Å². The van der Waals surface area contributed by atoms with E-state index in [2.05, 4.69) is 11.9 Å². The minimum atomic E-state index is -0.718. The topological polar surface area (TPSA) is 59.2 Å². The van der Waals surface area contributed by atoms with Crippen molar-refractivity contribution in [3.8, 4) is 0 Å². The van der Waals surface area contributed by atoms with Crippen LogP contribution in [0.15, 0.2) is 24.4 Å². The van der Waals surface area contributed by atoms with Crippen molar-refractivity contribution in [2.24, 2.45) is 11.7 Å². The minimum Gasteiger partial charge on any atom is -0.317 e. The number of carbonyl (C=O) groups is 1. The third-order valence-corrected chi connectivity index (χ3v) is 3.76. The second kappa shape index (κ2) is 5.06. The first-order valence-corrected chi connectivity index (χ1v) is 6.51. The number of pyridine rings is 1. The highest BCUT2D eigenvalue weighted by Crippen LogP contribution is 2.32. The number of likely N-dealkylation sites (N-methyl/N-ethyl adjacent to an activating group) is 1. The fraction of sp³-hybridized carbons (Fsp3) is 0.571. The number of anilines is 1. The average Bonchev–Trinajstić information content (AvgIpc) is 2.38. The van der Waals surface area contributed by atoms with Gasteiger partial charge >= 0.3 is 0 Å². The average molecular weight is 247 g/mol.